The van der Waals surface area contributed by atoms with E-state index in [1.807, 2.05) is 24.3 Å². The van der Waals surface area contributed by atoms with Crippen molar-refractivity contribution in [2.24, 2.45) is 0 Å². The molecule has 3 nitrogen and oxygen atoms in total. The molecule has 0 amide bonds. The van der Waals surface area contributed by atoms with Crippen LogP contribution in [-0.4, -0.2) is 18.3 Å². The Morgan fingerprint density at radius 2 is 1.89 bits per heavy atom. The Morgan fingerprint density at radius 3 is 2.42 bits per heavy atom. The lowest BCUT2D eigenvalue weighted by molar-refractivity contribution is 0.588. The molecule has 2 aromatic rings. The zero-order chi connectivity index (χ0) is 14.2. The van der Waals surface area contributed by atoms with Crippen LogP contribution in [0.1, 0.15) is 31.0 Å². The highest BCUT2D eigenvalue weighted by molar-refractivity contribution is 7.70. The normalized spacial score (nSPS) is 11.8. The highest BCUT2D eigenvalue weighted by Gasteiger charge is 2.21. The molecule has 1 aromatic heterocycles. The molecule has 19 heavy (non-hydrogen) atoms. The minimum absolute atomic E-state index is 0.309. The third-order valence-electron chi connectivity index (χ3n) is 3.15. The van der Waals surface area contributed by atoms with Gasteiger partial charge in [0, 0.05) is 10.7 Å². The smallest absolute Gasteiger partial charge is 0.141 e. The average molecular weight is 272 g/mol. The largest absolute Gasteiger partial charge is 0.319 e. The van der Waals surface area contributed by atoms with Crippen molar-refractivity contribution in [1.29, 1.82) is 5.26 Å². The number of hydrogen-bond donors (Lipinski definition) is 0. The third kappa shape index (κ3) is 2.55. The Balaban J connectivity index is 2.89. The van der Waals surface area contributed by atoms with E-state index < -0.39 is 7.14 Å². The number of nitriles is 1. The van der Waals surface area contributed by atoms with Gasteiger partial charge in [0.05, 0.1) is 5.52 Å². The van der Waals surface area contributed by atoms with Crippen LogP contribution in [0.25, 0.3) is 10.9 Å². The monoisotopic (exact) mass is 272 g/mol. The van der Waals surface area contributed by atoms with E-state index in [9.17, 15) is 4.57 Å². The van der Waals surface area contributed by atoms with Crippen molar-refractivity contribution in [2.75, 3.05) is 13.3 Å². The van der Waals surface area contributed by atoms with Crippen molar-refractivity contribution in [3.63, 3.8) is 0 Å². The van der Waals surface area contributed by atoms with E-state index in [1.165, 1.54) is 0 Å². The first kappa shape index (κ1) is 13.8. The standard InChI is InChI=1S/C15H17N2OP/c1-10(2)12-7-8-14-13(15(12)19(3,4)18)6-5-11(9-16)17-14/h5-8,10H,1-4H3. The fraction of sp³-hybridized carbons (Fsp3) is 0.333. The lowest BCUT2D eigenvalue weighted by Gasteiger charge is -2.18. The van der Waals surface area contributed by atoms with Gasteiger partial charge in [0.25, 0.3) is 0 Å². The van der Waals surface area contributed by atoms with Crippen LogP contribution >= 0.6 is 7.14 Å². The van der Waals surface area contributed by atoms with Gasteiger partial charge in [-0.3, -0.25) is 0 Å². The van der Waals surface area contributed by atoms with E-state index in [0.29, 0.717) is 11.6 Å². The van der Waals surface area contributed by atoms with Crippen LogP contribution in [0.2, 0.25) is 0 Å². The summed E-state index contributed by atoms with van der Waals surface area (Å²) >= 11 is 0. The summed E-state index contributed by atoms with van der Waals surface area (Å²) < 4.78 is 12.6. The topological polar surface area (TPSA) is 53.8 Å². The second-order valence-corrected chi connectivity index (χ2v) is 8.53. The predicted molar refractivity (Wildman–Crippen MR) is 79.6 cm³/mol. The van der Waals surface area contributed by atoms with Crippen LogP contribution in [-0.2, 0) is 4.57 Å². The van der Waals surface area contributed by atoms with E-state index in [1.54, 1.807) is 19.4 Å². The van der Waals surface area contributed by atoms with Gasteiger partial charge in [-0.05, 0) is 43.0 Å². The summed E-state index contributed by atoms with van der Waals surface area (Å²) in [5.41, 5.74) is 2.23. The van der Waals surface area contributed by atoms with Gasteiger partial charge in [-0.25, -0.2) is 4.98 Å². The third-order valence-corrected chi connectivity index (χ3v) is 4.73. The first-order chi connectivity index (χ1) is 8.84. The molecule has 0 aliphatic heterocycles. The first-order valence-electron chi connectivity index (χ1n) is 6.24. The fourth-order valence-corrected chi connectivity index (χ4v) is 4.06. The maximum Gasteiger partial charge on any atom is 0.141 e. The molecule has 0 radical (unpaired) electrons. The van der Waals surface area contributed by atoms with E-state index in [-0.39, 0.29) is 0 Å². The molecule has 0 bridgehead atoms. The zero-order valence-electron chi connectivity index (χ0n) is 11.6. The molecule has 0 N–H and O–H groups in total. The molecular weight excluding hydrogens is 255 g/mol. The lowest BCUT2D eigenvalue weighted by atomic mass is 10.0. The highest BCUT2D eigenvalue weighted by Crippen LogP contribution is 2.40. The molecule has 0 saturated heterocycles. The summed E-state index contributed by atoms with van der Waals surface area (Å²) in [6.07, 6.45) is 0. The summed E-state index contributed by atoms with van der Waals surface area (Å²) in [5.74, 6) is 0.309. The van der Waals surface area contributed by atoms with Gasteiger partial charge < -0.3 is 4.57 Å². The van der Waals surface area contributed by atoms with Crippen LogP contribution in [0.4, 0.5) is 0 Å². The van der Waals surface area contributed by atoms with Crippen molar-refractivity contribution in [2.45, 2.75) is 19.8 Å². The molecule has 2 rings (SSSR count). The SMILES string of the molecule is CC(C)c1ccc2nc(C#N)ccc2c1P(C)(C)=O. The van der Waals surface area contributed by atoms with Crippen molar-refractivity contribution in [3.05, 3.63) is 35.5 Å². The van der Waals surface area contributed by atoms with Crippen LogP contribution in [0.5, 0.6) is 0 Å². The minimum Gasteiger partial charge on any atom is -0.319 e. The highest BCUT2D eigenvalue weighted by atomic mass is 31.2. The molecule has 0 spiro atoms. The lowest BCUT2D eigenvalue weighted by Crippen LogP contribution is -2.13. The number of nitrogens with zero attached hydrogens (tertiary/aromatic N) is 2. The Bertz CT molecular complexity index is 723. The van der Waals surface area contributed by atoms with E-state index >= 15 is 0 Å². The van der Waals surface area contributed by atoms with Gasteiger partial charge in [-0.15, -0.1) is 0 Å². The zero-order valence-corrected chi connectivity index (χ0v) is 12.5. The summed E-state index contributed by atoms with van der Waals surface area (Å²) in [4.78, 5) is 4.29. The van der Waals surface area contributed by atoms with Crippen molar-refractivity contribution in [3.8, 4) is 6.07 Å². The molecule has 98 valence electrons. The number of rotatable bonds is 2. The molecular formula is C15H17N2OP. The van der Waals surface area contributed by atoms with E-state index in [4.69, 9.17) is 5.26 Å². The fourth-order valence-electron chi connectivity index (χ4n) is 2.33. The molecule has 0 fully saturated rings. The van der Waals surface area contributed by atoms with Gasteiger partial charge in [0.15, 0.2) is 0 Å². The van der Waals surface area contributed by atoms with Gasteiger partial charge in [-0.1, -0.05) is 19.9 Å². The number of pyridine rings is 1. The molecule has 0 saturated carbocycles. The second-order valence-electron chi connectivity index (χ2n) is 5.38. The van der Waals surface area contributed by atoms with Crippen molar-refractivity contribution >= 4 is 23.3 Å². The molecule has 1 heterocycles. The summed E-state index contributed by atoms with van der Waals surface area (Å²) in [6.45, 7) is 7.76. The minimum atomic E-state index is -2.40. The summed E-state index contributed by atoms with van der Waals surface area (Å²) in [6, 6.07) is 9.47. The number of aromatic nitrogens is 1. The van der Waals surface area contributed by atoms with Gasteiger partial charge >= 0.3 is 0 Å². The molecule has 0 atom stereocenters. The first-order valence-corrected chi connectivity index (χ1v) is 8.84. The quantitative estimate of drug-likeness (QED) is 0.786. The number of hydrogen-bond acceptors (Lipinski definition) is 3. The Morgan fingerprint density at radius 1 is 1.21 bits per heavy atom. The van der Waals surface area contributed by atoms with E-state index in [2.05, 4.69) is 18.8 Å². The van der Waals surface area contributed by atoms with Crippen molar-refractivity contribution < 1.29 is 4.57 Å². The Kier molecular flexibility index (Phi) is 3.47. The predicted octanol–water partition coefficient (Wildman–Crippen LogP) is 3.48. The van der Waals surface area contributed by atoms with Gasteiger partial charge in [0.2, 0.25) is 0 Å². The van der Waals surface area contributed by atoms with Gasteiger partial charge in [0.1, 0.15) is 18.9 Å². The number of fused-ring (bicyclic) bond motifs is 1. The van der Waals surface area contributed by atoms with Gasteiger partial charge in [-0.2, -0.15) is 5.26 Å². The molecule has 4 heteroatoms. The maximum absolute atomic E-state index is 12.6. The Hall–Kier alpha value is -1.65. The summed E-state index contributed by atoms with van der Waals surface area (Å²) in [7, 11) is -2.40. The average Bonchev–Trinajstić information content (AvgIpc) is 2.35. The second kappa shape index (κ2) is 4.79. The molecule has 0 aliphatic rings. The van der Waals surface area contributed by atoms with Crippen molar-refractivity contribution in [1.82, 2.24) is 4.98 Å². The van der Waals surface area contributed by atoms with Crippen LogP contribution in [0, 0.1) is 11.3 Å². The van der Waals surface area contributed by atoms with Crippen LogP contribution < -0.4 is 5.30 Å². The molecule has 0 aliphatic carbocycles. The summed E-state index contributed by atoms with van der Waals surface area (Å²) in [5, 5.41) is 10.7. The van der Waals surface area contributed by atoms with E-state index in [0.717, 1.165) is 21.8 Å². The number of benzene rings is 1. The van der Waals surface area contributed by atoms with Crippen LogP contribution in [0.15, 0.2) is 24.3 Å². The molecule has 1 aromatic carbocycles. The van der Waals surface area contributed by atoms with Crippen LogP contribution in [0.3, 0.4) is 0 Å². The molecule has 0 unspecified atom stereocenters. The maximum atomic E-state index is 12.6. The Labute approximate surface area is 113 Å².